The first-order valence-electron chi connectivity index (χ1n) is 7.04. The number of ether oxygens (including phenoxy) is 1. The molecule has 1 atom stereocenters. The van der Waals surface area contributed by atoms with E-state index in [1.54, 1.807) is 24.0 Å². The average molecular weight is 290 g/mol. The zero-order valence-electron chi connectivity index (χ0n) is 11.9. The van der Waals surface area contributed by atoms with Crippen LogP contribution in [0, 0.1) is 5.41 Å². The number of nitrogens with zero attached hydrogens (tertiary/aromatic N) is 1. The Morgan fingerprint density at radius 2 is 2.24 bits per heavy atom. The lowest BCUT2D eigenvalue weighted by molar-refractivity contribution is -0.147. The highest BCUT2D eigenvalue weighted by Crippen LogP contribution is 2.35. The Balaban J connectivity index is 1.86. The van der Waals surface area contributed by atoms with E-state index in [4.69, 9.17) is 4.74 Å². The van der Waals surface area contributed by atoms with E-state index in [1.165, 1.54) is 0 Å². The van der Waals surface area contributed by atoms with Crippen LogP contribution in [0.2, 0.25) is 0 Å². The third kappa shape index (κ3) is 2.30. The molecule has 3 rings (SSSR count). The zero-order chi connectivity index (χ0) is 15.0. The van der Waals surface area contributed by atoms with Crippen LogP contribution in [0.3, 0.4) is 0 Å². The molecule has 21 heavy (non-hydrogen) atoms. The van der Waals surface area contributed by atoms with E-state index in [0.717, 1.165) is 5.69 Å². The summed E-state index contributed by atoms with van der Waals surface area (Å²) in [6.07, 6.45) is 0.474. The van der Waals surface area contributed by atoms with Crippen molar-refractivity contribution in [2.75, 3.05) is 31.6 Å². The molecule has 2 N–H and O–H groups in total. The summed E-state index contributed by atoms with van der Waals surface area (Å²) in [4.78, 5) is 25.5. The van der Waals surface area contributed by atoms with Crippen molar-refractivity contribution in [2.45, 2.75) is 13.3 Å². The monoisotopic (exact) mass is 290 g/mol. The number of benzene rings is 1. The SMILES string of the molecule is CC1(C(=O)O)CCN(C(=O)c2cccc3c2OCCN3)C1. The lowest BCUT2D eigenvalue weighted by atomic mass is 9.90. The molecule has 1 aromatic rings. The number of para-hydroxylation sites is 1. The van der Waals surface area contributed by atoms with Crippen molar-refractivity contribution in [3.63, 3.8) is 0 Å². The second-order valence-corrected chi connectivity index (χ2v) is 5.80. The molecule has 1 saturated heterocycles. The molecule has 0 saturated carbocycles. The highest BCUT2D eigenvalue weighted by molar-refractivity contribution is 5.99. The van der Waals surface area contributed by atoms with Crippen LogP contribution in [0.15, 0.2) is 18.2 Å². The fourth-order valence-electron chi connectivity index (χ4n) is 2.82. The number of carboxylic acids is 1. The Labute approximate surface area is 122 Å². The summed E-state index contributed by atoms with van der Waals surface area (Å²) in [5.74, 6) is -0.455. The minimum absolute atomic E-state index is 0.166. The first-order valence-corrected chi connectivity index (χ1v) is 7.04. The highest BCUT2D eigenvalue weighted by atomic mass is 16.5. The van der Waals surface area contributed by atoms with Gasteiger partial charge in [0.15, 0.2) is 5.75 Å². The van der Waals surface area contributed by atoms with Gasteiger partial charge in [-0.2, -0.15) is 0 Å². The van der Waals surface area contributed by atoms with Crippen LogP contribution in [-0.2, 0) is 4.79 Å². The molecule has 0 bridgehead atoms. The second kappa shape index (κ2) is 4.95. The third-order valence-corrected chi connectivity index (χ3v) is 4.19. The van der Waals surface area contributed by atoms with Crippen molar-refractivity contribution in [1.82, 2.24) is 4.90 Å². The lowest BCUT2D eigenvalue weighted by Crippen LogP contribution is -2.35. The molecule has 6 nitrogen and oxygen atoms in total. The molecule has 0 radical (unpaired) electrons. The Kier molecular flexibility index (Phi) is 3.23. The summed E-state index contributed by atoms with van der Waals surface area (Å²) in [6, 6.07) is 5.40. The number of fused-ring (bicyclic) bond motifs is 1. The molecule has 2 heterocycles. The second-order valence-electron chi connectivity index (χ2n) is 5.80. The van der Waals surface area contributed by atoms with E-state index in [-0.39, 0.29) is 12.5 Å². The Morgan fingerprint density at radius 1 is 1.43 bits per heavy atom. The van der Waals surface area contributed by atoms with Crippen LogP contribution in [0.5, 0.6) is 5.75 Å². The van der Waals surface area contributed by atoms with Crippen LogP contribution in [0.1, 0.15) is 23.7 Å². The molecule has 0 aromatic heterocycles. The standard InChI is InChI=1S/C15H18N2O4/c1-15(14(19)20)5-7-17(9-15)13(18)10-3-2-4-11-12(10)21-8-6-16-11/h2-4,16H,5-9H2,1H3,(H,19,20). The number of nitrogens with one attached hydrogen (secondary N) is 1. The first-order chi connectivity index (χ1) is 10.0. The van der Waals surface area contributed by atoms with E-state index in [1.807, 2.05) is 6.07 Å². The van der Waals surface area contributed by atoms with Gasteiger partial charge in [-0.1, -0.05) is 6.07 Å². The highest BCUT2D eigenvalue weighted by Gasteiger charge is 2.42. The quantitative estimate of drug-likeness (QED) is 0.861. The van der Waals surface area contributed by atoms with Crippen molar-refractivity contribution in [1.29, 1.82) is 0 Å². The number of carbonyl (C=O) groups excluding carboxylic acids is 1. The van der Waals surface area contributed by atoms with Gasteiger partial charge in [0.05, 0.1) is 16.7 Å². The zero-order valence-corrected chi connectivity index (χ0v) is 11.9. The van der Waals surface area contributed by atoms with E-state index in [2.05, 4.69) is 5.32 Å². The van der Waals surface area contributed by atoms with Gasteiger partial charge >= 0.3 is 5.97 Å². The normalized spacial score (nSPS) is 24.0. The Hall–Kier alpha value is -2.24. The summed E-state index contributed by atoms with van der Waals surface area (Å²) < 4.78 is 5.61. The van der Waals surface area contributed by atoms with Crippen molar-refractivity contribution in [3.8, 4) is 5.75 Å². The average Bonchev–Trinajstić information content (AvgIpc) is 2.90. The molecule has 1 fully saturated rings. The fraction of sp³-hybridized carbons (Fsp3) is 0.467. The number of carbonyl (C=O) groups is 2. The molecule has 1 aromatic carbocycles. The maximum absolute atomic E-state index is 12.7. The van der Waals surface area contributed by atoms with Crippen molar-refractivity contribution >= 4 is 17.6 Å². The van der Waals surface area contributed by atoms with Gasteiger partial charge in [0.25, 0.3) is 5.91 Å². The molecular formula is C15H18N2O4. The summed E-state index contributed by atoms with van der Waals surface area (Å²) >= 11 is 0. The van der Waals surface area contributed by atoms with E-state index >= 15 is 0 Å². The number of carboxylic acid groups (broad SMARTS) is 1. The predicted molar refractivity (Wildman–Crippen MR) is 76.7 cm³/mol. The van der Waals surface area contributed by atoms with E-state index in [9.17, 15) is 14.7 Å². The molecule has 0 aliphatic carbocycles. The van der Waals surface area contributed by atoms with E-state index in [0.29, 0.717) is 37.4 Å². The van der Waals surface area contributed by atoms with Gasteiger partial charge in [-0.15, -0.1) is 0 Å². The van der Waals surface area contributed by atoms with Crippen LogP contribution < -0.4 is 10.1 Å². The van der Waals surface area contributed by atoms with Gasteiger partial charge in [0.2, 0.25) is 0 Å². The Bertz CT molecular complexity index is 601. The summed E-state index contributed by atoms with van der Waals surface area (Å²) in [5.41, 5.74) is 0.450. The van der Waals surface area contributed by atoms with Crippen molar-refractivity contribution in [2.24, 2.45) is 5.41 Å². The lowest BCUT2D eigenvalue weighted by Gasteiger charge is -2.24. The number of hydrogen-bond acceptors (Lipinski definition) is 4. The predicted octanol–water partition coefficient (Wildman–Crippen LogP) is 1.43. The smallest absolute Gasteiger partial charge is 0.311 e. The van der Waals surface area contributed by atoms with Crippen LogP contribution in [-0.4, -0.2) is 48.1 Å². The fourth-order valence-corrected chi connectivity index (χ4v) is 2.82. The van der Waals surface area contributed by atoms with Gasteiger partial charge in [-0.05, 0) is 25.5 Å². The molecule has 2 aliphatic heterocycles. The topological polar surface area (TPSA) is 78.9 Å². The maximum Gasteiger partial charge on any atom is 0.311 e. The van der Waals surface area contributed by atoms with Crippen LogP contribution in [0.25, 0.3) is 0 Å². The number of rotatable bonds is 2. The van der Waals surface area contributed by atoms with Gasteiger partial charge < -0.3 is 20.1 Å². The number of hydrogen-bond donors (Lipinski definition) is 2. The van der Waals surface area contributed by atoms with Crippen molar-refractivity contribution in [3.05, 3.63) is 23.8 Å². The first kappa shape index (κ1) is 13.7. The summed E-state index contributed by atoms with van der Waals surface area (Å²) in [7, 11) is 0. The van der Waals surface area contributed by atoms with Gasteiger partial charge in [-0.3, -0.25) is 9.59 Å². The molecule has 6 heteroatoms. The van der Waals surface area contributed by atoms with Gasteiger partial charge in [0, 0.05) is 19.6 Å². The number of amides is 1. The molecular weight excluding hydrogens is 272 g/mol. The summed E-state index contributed by atoms with van der Waals surface area (Å²) in [6.45, 7) is 3.60. The number of likely N-dealkylation sites (tertiary alicyclic amines) is 1. The largest absolute Gasteiger partial charge is 0.489 e. The van der Waals surface area contributed by atoms with Gasteiger partial charge in [-0.25, -0.2) is 0 Å². The molecule has 112 valence electrons. The van der Waals surface area contributed by atoms with Gasteiger partial charge in [0.1, 0.15) is 6.61 Å². The molecule has 0 spiro atoms. The minimum atomic E-state index is -0.858. The van der Waals surface area contributed by atoms with Crippen LogP contribution >= 0.6 is 0 Å². The van der Waals surface area contributed by atoms with Crippen molar-refractivity contribution < 1.29 is 19.4 Å². The van der Waals surface area contributed by atoms with Crippen LogP contribution in [0.4, 0.5) is 5.69 Å². The molecule has 1 unspecified atom stereocenters. The summed E-state index contributed by atoms with van der Waals surface area (Å²) in [5, 5.41) is 12.5. The molecule has 1 amide bonds. The number of anilines is 1. The molecule has 2 aliphatic rings. The Morgan fingerprint density at radius 3 is 2.95 bits per heavy atom. The number of aliphatic carboxylic acids is 1. The van der Waals surface area contributed by atoms with E-state index < -0.39 is 11.4 Å². The maximum atomic E-state index is 12.7. The third-order valence-electron chi connectivity index (χ3n) is 4.19. The minimum Gasteiger partial charge on any atom is -0.489 e.